The number of anilines is 1. The number of carbonyl (C=O) groups excluding carboxylic acids is 4. The molecular formula is C14H14ClN3O4. The molecule has 116 valence electrons. The van der Waals surface area contributed by atoms with Crippen molar-refractivity contribution in [3.05, 3.63) is 29.3 Å². The number of halogens is 1. The quantitative estimate of drug-likeness (QED) is 0.775. The van der Waals surface area contributed by atoms with E-state index in [0.717, 1.165) is 4.90 Å². The lowest BCUT2D eigenvalue weighted by Crippen LogP contribution is -2.45. The molecule has 0 aromatic heterocycles. The zero-order valence-corrected chi connectivity index (χ0v) is 12.5. The molecule has 0 spiro atoms. The van der Waals surface area contributed by atoms with E-state index in [1.54, 1.807) is 18.2 Å². The van der Waals surface area contributed by atoms with Gasteiger partial charge in [-0.3, -0.25) is 19.2 Å². The Kier molecular flexibility index (Phi) is 4.77. The molecule has 4 amide bonds. The summed E-state index contributed by atoms with van der Waals surface area (Å²) in [6.07, 6.45) is -0.128. The highest BCUT2D eigenvalue weighted by Gasteiger charge is 2.40. The van der Waals surface area contributed by atoms with Crippen LogP contribution < -0.4 is 15.5 Å². The molecule has 0 radical (unpaired) electrons. The Morgan fingerprint density at radius 3 is 2.73 bits per heavy atom. The largest absolute Gasteiger partial charge is 0.347 e. The first-order valence-corrected chi connectivity index (χ1v) is 6.92. The SMILES string of the molecule is CC(=O)NCC(=O)N[C@H]1CC(=O)N(c2cccc(Cl)c2)C1=O. The number of rotatable bonds is 4. The van der Waals surface area contributed by atoms with Crippen LogP contribution in [0.15, 0.2) is 24.3 Å². The Hall–Kier alpha value is -2.41. The van der Waals surface area contributed by atoms with E-state index in [2.05, 4.69) is 10.6 Å². The number of hydrogen-bond acceptors (Lipinski definition) is 4. The summed E-state index contributed by atoms with van der Waals surface area (Å²) in [6, 6.07) is 5.40. The van der Waals surface area contributed by atoms with Crippen LogP contribution in [0, 0.1) is 0 Å². The fourth-order valence-electron chi connectivity index (χ4n) is 2.08. The lowest BCUT2D eigenvalue weighted by molar-refractivity contribution is -0.127. The fraction of sp³-hybridized carbons (Fsp3) is 0.286. The van der Waals surface area contributed by atoms with E-state index < -0.39 is 23.8 Å². The van der Waals surface area contributed by atoms with Gasteiger partial charge in [0.25, 0.3) is 5.91 Å². The van der Waals surface area contributed by atoms with Crippen molar-refractivity contribution < 1.29 is 19.2 Å². The minimum Gasteiger partial charge on any atom is -0.347 e. The van der Waals surface area contributed by atoms with Gasteiger partial charge in [0, 0.05) is 11.9 Å². The molecule has 22 heavy (non-hydrogen) atoms. The van der Waals surface area contributed by atoms with Gasteiger partial charge in [0.2, 0.25) is 17.7 Å². The molecule has 0 bridgehead atoms. The number of benzene rings is 1. The number of hydrogen-bond donors (Lipinski definition) is 2. The number of imide groups is 1. The van der Waals surface area contributed by atoms with E-state index in [9.17, 15) is 19.2 Å². The molecule has 1 fully saturated rings. The van der Waals surface area contributed by atoms with Crippen molar-refractivity contribution in [3.8, 4) is 0 Å². The molecule has 1 atom stereocenters. The molecular weight excluding hydrogens is 310 g/mol. The first kappa shape index (κ1) is 16.0. The van der Waals surface area contributed by atoms with E-state index >= 15 is 0 Å². The molecule has 1 aromatic carbocycles. The lowest BCUT2D eigenvalue weighted by atomic mass is 10.2. The summed E-state index contributed by atoms with van der Waals surface area (Å²) in [6.45, 7) is 1.03. The summed E-state index contributed by atoms with van der Waals surface area (Å²) in [7, 11) is 0. The van der Waals surface area contributed by atoms with E-state index in [-0.39, 0.29) is 18.9 Å². The van der Waals surface area contributed by atoms with Gasteiger partial charge in [-0.1, -0.05) is 17.7 Å². The smallest absolute Gasteiger partial charge is 0.256 e. The maximum absolute atomic E-state index is 12.3. The average molecular weight is 324 g/mol. The van der Waals surface area contributed by atoms with Crippen LogP contribution in [0.2, 0.25) is 5.02 Å². The zero-order chi connectivity index (χ0) is 16.3. The van der Waals surface area contributed by atoms with Gasteiger partial charge < -0.3 is 10.6 Å². The van der Waals surface area contributed by atoms with Crippen LogP contribution in [0.4, 0.5) is 5.69 Å². The van der Waals surface area contributed by atoms with Crippen molar-refractivity contribution in [3.63, 3.8) is 0 Å². The summed E-state index contributed by atoms with van der Waals surface area (Å²) in [5.74, 6) is -1.83. The molecule has 8 heteroatoms. The van der Waals surface area contributed by atoms with Crippen molar-refractivity contribution >= 4 is 40.9 Å². The van der Waals surface area contributed by atoms with Crippen LogP contribution in [-0.2, 0) is 19.2 Å². The maximum atomic E-state index is 12.3. The summed E-state index contributed by atoms with van der Waals surface area (Å²) in [4.78, 5) is 47.6. The van der Waals surface area contributed by atoms with Crippen LogP contribution in [-0.4, -0.2) is 36.2 Å². The number of nitrogens with one attached hydrogen (secondary N) is 2. The van der Waals surface area contributed by atoms with E-state index in [1.165, 1.54) is 13.0 Å². The highest BCUT2D eigenvalue weighted by molar-refractivity contribution is 6.31. The van der Waals surface area contributed by atoms with Crippen molar-refractivity contribution in [2.24, 2.45) is 0 Å². The molecule has 0 aliphatic carbocycles. The van der Waals surface area contributed by atoms with Crippen LogP contribution >= 0.6 is 11.6 Å². The molecule has 1 aliphatic rings. The summed E-state index contributed by atoms with van der Waals surface area (Å²) in [5.41, 5.74) is 0.362. The first-order chi connectivity index (χ1) is 10.4. The second kappa shape index (κ2) is 6.57. The minimum absolute atomic E-state index is 0.128. The van der Waals surface area contributed by atoms with Gasteiger partial charge in [-0.05, 0) is 18.2 Å². The summed E-state index contributed by atoms with van der Waals surface area (Å²) >= 11 is 5.85. The van der Waals surface area contributed by atoms with Crippen molar-refractivity contribution in [2.45, 2.75) is 19.4 Å². The maximum Gasteiger partial charge on any atom is 0.256 e. The fourth-order valence-corrected chi connectivity index (χ4v) is 2.27. The van der Waals surface area contributed by atoms with Crippen molar-refractivity contribution in [1.29, 1.82) is 0 Å². The Morgan fingerprint density at radius 2 is 2.09 bits per heavy atom. The number of amides is 4. The normalized spacial score (nSPS) is 17.5. The Labute approximate surface area is 131 Å². The highest BCUT2D eigenvalue weighted by atomic mass is 35.5. The molecule has 1 saturated heterocycles. The minimum atomic E-state index is -0.937. The van der Waals surface area contributed by atoms with Gasteiger partial charge in [-0.2, -0.15) is 0 Å². The summed E-state index contributed by atoms with van der Waals surface area (Å²) in [5, 5.41) is 5.15. The van der Waals surface area contributed by atoms with Gasteiger partial charge in [-0.25, -0.2) is 4.90 Å². The first-order valence-electron chi connectivity index (χ1n) is 6.54. The van der Waals surface area contributed by atoms with E-state index in [1.807, 2.05) is 0 Å². The Morgan fingerprint density at radius 1 is 1.36 bits per heavy atom. The molecule has 7 nitrogen and oxygen atoms in total. The molecule has 1 aromatic rings. The Balaban J connectivity index is 2.06. The van der Waals surface area contributed by atoms with Crippen molar-refractivity contribution in [2.75, 3.05) is 11.4 Å². The van der Waals surface area contributed by atoms with Crippen LogP contribution in [0.5, 0.6) is 0 Å². The second-order valence-electron chi connectivity index (χ2n) is 4.78. The third kappa shape index (κ3) is 3.62. The van der Waals surface area contributed by atoms with Gasteiger partial charge in [0.15, 0.2) is 0 Å². The van der Waals surface area contributed by atoms with Gasteiger partial charge in [0.05, 0.1) is 18.7 Å². The monoisotopic (exact) mass is 323 g/mol. The topological polar surface area (TPSA) is 95.6 Å². The predicted octanol–water partition coefficient (Wildman–Crippen LogP) is 0.224. The molecule has 1 heterocycles. The zero-order valence-electron chi connectivity index (χ0n) is 11.8. The molecule has 2 rings (SSSR count). The Bertz CT molecular complexity index is 647. The van der Waals surface area contributed by atoms with Crippen LogP contribution in [0.3, 0.4) is 0 Å². The molecule has 0 saturated carbocycles. The predicted molar refractivity (Wildman–Crippen MR) is 79.2 cm³/mol. The van der Waals surface area contributed by atoms with Crippen LogP contribution in [0.1, 0.15) is 13.3 Å². The molecule has 2 N–H and O–H groups in total. The van der Waals surface area contributed by atoms with Crippen LogP contribution in [0.25, 0.3) is 0 Å². The summed E-state index contributed by atoms with van der Waals surface area (Å²) < 4.78 is 0. The number of nitrogens with zero attached hydrogens (tertiary/aromatic N) is 1. The standard InChI is InChI=1S/C14H14ClN3O4/c1-8(19)16-7-12(20)17-11-6-13(21)18(14(11)22)10-4-2-3-9(15)5-10/h2-5,11H,6-7H2,1H3,(H,16,19)(H,17,20)/t11-/m0/s1. The number of carbonyl (C=O) groups is 4. The third-order valence-corrected chi connectivity index (χ3v) is 3.28. The lowest BCUT2D eigenvalue weighted by Gasteiger charge is -2.15. The third-order valence-electron chi connectivity index (χ3n) is 3.05. The van der Waals surface area contributed by atoms with E-state index in [4.69, 9.17) is 11.6 Å². The average Bonchev–Trinajstić information content (AvgIpc) is 2.71. The van der Waals surface area contributed by atoms with Gasteiger partial charge >= 0.3 is 0 Å². The van der Waals surface area contributed by atoms with Gasteiger partial charge in [0.1, 0.15) is 6.04 Å². The van der Waals surface area contributed by atoms with E-state index in [0.29, 0.717) is 10.7 Å². The second-order valence-corrected chi connectivity index (χ2v) is 5.22. The van der Waals surface area contributed by atoms with Gasteiger partial charge in [-0.15, -0.1) is 0 Å². The molecule has 0 unspecified atom stereocenters. The molecule has 1 aliphatic heterocycles. The highest BCUT2D eigenvalue weighted by Crippen LogP contribution is 2.25. The van der Waals surface area contributed by atoms with Crippen molar-refractivity contribution in [1.82, 2.24) is 10.6 Å².